The monoisotopic (exact) mass is 279 g/mol. The zero-order chi connectivity index (χ0) is 14.1. The van der Waals surface area contributed by atoms with Crippen molar-refractivity contribution in [1.82, 2.24) is 20.6 Å². The minimum atomic E-state index is -0.795. The number of ether oxygens (including phenoxy) is 1. The van der Waals surface area contributed by atoms with Gasteiger partial charge in [-0.3, -0.25) is 4.90 Å². The number of carbonyl (C=O) groups excluding carboxylic acids is 1. The summed E-state index contributed by atoms with van der Waals surface area (Å²) in [5, 5.41) is 22.4. The summed E-state index contributed by atoms with van der Waals surface area (Å²) in [6, 6.07) is 3.70. The molecule has 1 amide bonds. The van der Waals surface area contributed by atoms with E-state index in [9.17, 15) is 9.18 Å². The second-order valence-electron chi connectivity index (χ2n) is 4.28. The summed E-state index contributed by atoms with van der Waals surface area (Å²) < 4.78 is 18.5. The number of aromatic hydroxyl groups is 1. The van der Waals surface area contributed by atoms with Crippen LogP contribution in [0.15, 0.2) is 18.2 Å². The number of hydrogen-bond donors (Lipinski definition) is 2. The normalized spacial score (nSPS) is 18.4. The second kappa shape index (κ2) is 4.76. The first-order valence-electron chi connectivity index (χ1n) is 5.82. The van der Waals surface area contributed by atoms with Crippen LogP contribution in [0.3, 0.4) is 0 Å². The highest BCUT2D eigenvalue weighted by atomic mass is 19.1. The largest absolute Gasteiger partial charge is 0.505 e. The number of phenols is 1. The Hall–Kier alpha value is -2.71. The minimum absolute atomic E-state index is 0.248. The summed E-state index contributed by atoms with van der Waals surface area (Å²) in [5.74, 6) is -0.830. The molecule has 1 aromatic carbocycles. The summed E-state index contributed by atoms with van der Waals surface area (Å²) in [7, 11) is 0. The van der Waals surface area contributed by atoms with Crippen molar-refractivity contribution in [2.75, 3.05) is 11.4 Å². The number of anilines is 1. The van der Waals surface area contributed by atoms with Gasteiger partial charge >= 0.3 is 6.09 Å². The molecule has 3 rings (SSSR count). The van der Waals surface area contributed by atoms with Crippen molar-refractivity contribution in [3.05, 3.63) is 29.8 Å². The SMILES string of the molecule is O=C1O[C@H](Cc2nn[nH]n2)CN1c1ccc(O)c(F)c1. The van der Waals surface area contributed by atoms with Gasteiger partial charge in [-0.15, -0.1) is 10.2 Å². The van der Waals surface area contributed by atoms with Gasteiger partial charge in [0.25, 0.3) is 0 Å². The lowest BCUT2D eigenvalue weighted by atomic mass is 10.2. The molecule has 0 unspecified atom stereocenters. The molecule has 1 aliphatic rings. The zero-order valence-corrected chi connectivity index (χ0v) is 10.2. The molecule has 2 N–H and O–H groups in total. The molecule has 0 radical (unpaired) electrons. The average molecular weight is 279 g/mol. The first kappa shape index (κ1) is 12.3. The maximum Gasteiger partial charge on any atom is 0.414 e. The van der Waals surface area contributed by atoms with Crippen molar-refractivity contribution < 1.29 is 19.0 Å². The Balaban J connectivity index is 1.75. The number of amides is 1. The van der Waals surface area contributed by atoms with Crippen molar-refractivity contribution in [2.24, 2.45) is 0 Å². The van der Waals surface area contributed by atoms with E-state index in [0.717, 1.165) is 6.07 Å². The number of nitrogens with zero attached hydrogens (tertiary/aromatic N) is 4. The number of benzene rings is 1. The Kier molecular flexibility index (Phi) is 2.93. The van der Waals surface area contributed by atoms with Gasteiger partial charge < -0.3 is 9.84 Å². The standard InChI is InChI=1S/C11H10FN5O3/c12-8-3-6(1-2-9(8)18)17-5-7(20-11(17)19)4-10-13-15-16-14-10/h1-3,7,18H,4-5H2,(H,13,14,15,16)/t7-/m1/s1. The van der Waals surface area contributed by atoms with Crippen LogP contribution in [0, 0.1) is 5.82 Å². The maximum absolute atomic E-state index is 13.3. The number of tetrazole rings is 1. The summed E-state index contributed by atoms with van der Waals surface area (Å²) in [4.78, 5) is 13.0. The fraction of sp³-hybridized carbons (Fsp3) is 0.273. The van der Waals surface area contributed by atoms with Gasteiger partial charge in [0.2, 0.25) is 0 Å². The molecule has 0 aliphatic carbocycles. The van der Waals surface area contributed by atoms with Crippen molar-refractivity contribution in [3.63, 3.8) is 0 Å². The predicted molar refractivity (Wildman–Crippen MR) is 63.6 cm³/mol. The molecule has 0 spiro atoms. The molecule has 1 aromatic heterocycles. The Labute approximate surface area is 112 Å². The summed E-state index contributed by atoms with van der Waals surface area (Å²) >= 11 is 0. The molecule has 2 heterocycles. The third kappa shape index (κ3) is 2.25. The maximum atomic E-state index is 13.3. The Morgan fingerprint density at radius 1 is 1.55 bits per heavy atom. The average Bonchev–Trinajstić information content (AvgIpc) is 3.03. The third-order valence-corrected chi connectivity index (χ3v) is 2.92. The van der Waals surface area contributed by atoms with Gasteiger partial charge in [-0.2, -0.15) is 5.21 Å². The number of aromatic amines is 1. The lowest BCUT2D eigenvalue weighted by molar-refractivity contribution is 0.140. The van der Waals surface area contributed by atoms with Gasteiger partial charge in [0.05, 0.1) is 18.7 Å². The molecular weight excluding hydrogens is 269 g/mol. The van der Waals surface area contributed by atoms with E-state index in [0.29, 0.717) is 17.9 Å². The molecule has 0 bridgehead atoms. The number of halogens is 1. The first-order chi connectivity index (χ1) is 9.63. The van der Waals surface area contributed by atoms with Crippen molar-refractivity contribution in [3.8, 4) is 5.75 Å². The van der Waals surface area contributed by atoms with E-state index in [2.05, 4.69) is 20.6 Å². The van der Waals surface area contributed by atoms with E-state index in [1.54, 1.807) is 0 Å². The molecule has 1 fully saturated rings. The topological polar surface area (TPSA) is 104 Å². The molecule has 104 valence electrons. The van der Waals surface area contributed by atoms with Gasteiger partial charge in [0, 0.05) is 6.07 Å². The summed E-state index contributed by atoms with van der Waals surface area (Å²) in [6.45, 7) is 0.248. The summed E-state index contributed by atoms with van der Waals surface area (Å²) in [5.41, 5.74) is 0.320. The molecule has 9 heteroatoms. The van der Waals surface area contributed by atoms with Crippen LogP contribution < -0.4 is 4.90 Å². The fourth-order valence-electron chi connectivity index (χ4n) is 1.97. The van der Waals surface area contributed by atoms with Gasteiger partial charge in [-0.1, -0.05) is 5.21 Å². The van der Waals surface area contributed by atoms with Crippen molar-refractivity contribution in [2.45, 2.75) is 12.5 Å². The van der Waals surface area contributed by atoms with Gasteiger partial charge in [-0.05, 0) is 12.1 Å². The third-order valence-electron chi connectivity index (χ3n) is 2.92. The quantitative estimate of drug-likeness (QED) is 0.853. The minimum Gasteiger partial charge on any atom is -0.505 e. The highest BCUT2D eigenvalue weighted by Crippen LogP contribution is 2.26. The highest BCUT2D eigenvalue weighted by Gasteiger charge is 2.33. The first-order valence-corrected chi connectivity index (χ1v) is 5.82. The van der Waals surface area contributed by atoms with Gasteiger partial charge in [-0.25, -0.2) is 9.18 Å². The van der Waals surface area contributed by atoms with Crippen LogP contribution in [0.4, 0.5) is 14.9 Å². The van der Waals surface area contributed by atoms with E-state index in [1.165, 1.54) is 17.0 Å². The Morgan fingerprint density at radius 3 is 3.10 bits per heavy atom. The highest BCUT2D eigenvalue weighted by molar-refractivity contribution is 5.89. The molecule has 2 aromatic rings. The number of nitrogens with one attached hydrogen (secondary N) is 1. The second-order valence-corrected chi connectivity index (χ2v) is 4.28. The van der Waals surface area contributed by atoms with Crippen LogP contribution in [-0.4, -0.2) is 44.5 Å². The number of phenolic OH excluding ortho intramolecular Hbond substituents is 1. The van der Waals surface area contributed by atoms with Crippen LogP contribution in [0.2, 0.25) is 0 Å². The lowest BCUT2D eigenvalue weighted by Crippen LogP contribution is -2.25. The molecule has 0 saturated carbocycles. The smallest absolute Gasteiger partial charge is 0.414 e. The number of rotatable bonds is 3. The van der Waals surface area contributed by atoms with E-state index in [1.807, 2.05) is 0 Å². The Bertz CT molecular complexity index is 633. The molecule has 1 saturated heterocycles. The molecule has 1 atom stereocenters. The fourth-order valence-corrected chi connectivity index (χ4v) is 1.97. The van der Waals surface area contributed by atoms with Crippen LogP contribution in [-0.2, 0) is 11.2 Å². The number of hydrogen-bond acceptors (Lipinski definition) is 6. The van der Waals surface area contributed by atoms with E-state index < -0.39 is 23.8 Å². The van der Waals surface area contributed by atoms with Gasteiger partial charge in [0.15, 0.2) is 17.4 Å². The molecular formula is C11H10FN5O3. The van der Waals surface area contributed by atoms with E-state index >= 15 is 0 Å². The summed E-state index contributed by atoms with van der Waals surface area (Å²) in [6.07, 6.45) is -0.695. The number of H-pyrrole nitrogens is 1. The van der Waals surface area contributed by atoms with Crippen LogP contribution in [0.25, 0.3) is 0 Å². The van der Waals surface area contributed by atoms with E-state index in [4.69, 9.17) is 9.84 Å². The zero-order valence-electron chi connectivity index (χ0n) is 10.2. The number of carbonyl (C=O) groups is 1. The van der Waals surface area contributed by atoms with Crippen molar-refractivity contribution >= 4 is 11.8 Å². The lowest BCUT2D eigenvalue weighted by Gasteiger charge is -2.12. The molecule has 1 aliphatic heterocycles. The van der Waals surface area contributed by atoms with Gasteiger partial charge in [0.1, 0.15) is 6.10 Å². The Morgan fingerprint density at radius 2 is 2.40 bits per heavy atom. The van der Waals surface area contributed by atoms with Crippen LogP contribution in [0.1, 0.15) is 5.82 Å². The molecule has 20 heavy (non-hydrogen) atoms. The predicted octanol–water partition coefficient (Wildman–Crippen LogP) is 0.612. The number of cyclic esters (lactones) is 1. The van der Waals surface area contributed by atoms with Crippen molar-refractivity contribution in [1.29, 1.82) is 0 Å². The van der Waals surface area contributed by atoms with Crippen LogP contribution in [0.5, 0.6) is 5.75 Å². The number of aromatic nitrogens is 4. The van der Waals surface area contributed by atoms with E-state index in [-0.39, 0.29) is 6.54 Å². The van der Waals surface area contributed by atoms with Crippen LogP contribution >= 0.6 is 0 Å². The molecule has 8 nitrogen and oxygen atoms in total.